The smallest absolute Gasteiger partial charge is 0.151 e. The van der Waals surface area contributed by atoms with Crippen LogP contribution in [-0.4, -0.2) is 11.2 Å². The molecule has 10 heavy (non-hydrogen) atoms. The van der Waals surface area contributed by atoms with Gasteiger partial charge in [0.25, 0.3) is 0 Å². The van der Waals surface area contributed by atoms with Crippen LogP contribution in [-0.2, 0) is 4.79 Å². The Hall–Kier alpha value is -0.300. The van der Waals surface area contributed by atoms with Crippen molar-refractivity contribution in [3.8, 4) is 0 Å². The fourth-order valence-electron chi connectivity index (χ4n) is 0.922. The molecule has 1 atom stereocenters. The average molecular weight is 159 g/mol. The molecule has 0 aromatic heterocycles. The number of ketones is 1. The van der Waals surface area contributed by atoms with Crippen LogP contribution in [0.4, 0.5) is 0 Å². The van der Waals surface area contributed by atoms with Gasteiger partial charge in [-0.1, -0.05) is 6.58 Å². The molecule has 2 heteroatoms. The van der Waals surface area contributed by atoms with Crippen LogP contribution in [0.5, 0.6) is 0 Å². The van der Waals surface area contributed by atoms with Gasteiger partial charge in [0, 0.05) is 0 Å². The Labute approximate surface area is 66.1 Å². The summed E-state index contributed by atoms with van der Waals surface area (Å²) < 4.78 is 0. The zero-order valence-electron chi connectivity index (χ0n) is 6.06. The summed E-state index contributed by atoms with van der Waals surface area (Å²) in [6, 6.07) is 0. The van der Waals surface area contributed by atoms with Crippen LogP contribution < -0.4 is 0 Å². The van der Waals surface area contributed by atoms with Crippen molar-refractivity contribution in [3.63, 3.8) is 0 Å². The molecule has 0 bridgehead atoms. The molecular weight excluding hydrogens is 148 g/mol. The third-order valence-corrected chi connectivity index (χ3v) is 2.37. The van der Waals surface area contributed by atoms with E-state index >= 15 is 0 Å². The van der Waals surface area contributed by atoms with Crippen molar-refractivity contribution < 1.29 is 4.79 Å². The number of halogens is 1. The van der Waals surface area contributed by atoms with Crippen molar-refractivity contribution >= 4 is 17.4 Å². The first-order valence-electron chi connectivity index (χ1n) is 3.46. The van der Waals surface area contributed by atoms with Crippen LogP contribution in [0.1, 0.15) is 19.8 Å². The Morgan fingerprint density at radius 1 is 1.70 bits per heavy atom. The Bertz CT molecular complexity index is 170. The van der Waals surface area contributed by atoms with E-state index in [0.717, 1.165) is 18.4 Å². The summed E-state index contributed by atoms with van der Waals surface area (Å²) in [7, 11) is 0. The number of hydrogen-bond donors (Lipinski definition) is 0. The summed E-state index contributed by atoms with van der Waals surface area (Å²) in [5.74, 6) is 0.546. The molecule has 1 aliphatic rings. The van der Waals surface area contributed by atoms with Crippen LogP contribution in [0.15, 0.2) is 12.2 Å². The zero-order valence-corrected chi connectivity index (χ0v) is 6.82. The molecule has 0 radical (unpaired) electrons. The first-order valence-corrected chi connectivity index (χ1v) is 3.89. The fraction of sp³-hybridized carbons (Fsp3) is 0.625. The minimum Gasteiger partial charge on any atom is -0.298 e. The number of carbonyl (C=O) groups is 1. The van der Waals surface area contributed by atoms with E-state index in [2.05, 4.69) is 6.58 Å². The molecule has 0 saturated heterocycles. The van der Waals surface area contributed by atoms with Gasteiger partial charge in [0.15, 0.2) is 5.78 Å². The van der Waals surface area contributed by atoms with E-state index in [1.54, 1.807) is 0 Å². The molecule has 0 aromatic rings. The van der Waals surface area contributed by atoms with E-state index in [9.17, 15) is 4.79 Å². The molecule has 0 N–H and O–H groups in total. The van der Waals surface area contributed by atoms with Crippen molar-refractivity contribution in [2.75, 3.05) is 0 Å². The predicted octanol–water partition coefficient (Wildman–Crippen LogP) is 2.15. The summed E-state index contributed by atoms with van der Waals surface area (Å²) >= 11 is 5.75. The number of hydrogen-bond acceptors (Lipinski definition) is 1. The monoisotopic (exact) mass is 158 g/mol. The van der Waals surface area contributed by atoms with Gasteiger partial charge < -0.3 is 0 Å². The maximum Gasteiger partial charge on any atom is 0.151 e. The number of Topliss-reactive ketones (excluding diaryl/α,β-unsaturated/α-hetero) is 1. The zero-order chi connectivity index (χ0) is 7.72. The molecule has 0 amide bonds. The lowest BCUT2D eigenvalue weighted by Gasteiger charge is -2.06. The number of allylic oxidation sites excluding steroid dienone is 1. The summed E-state index contributed by atoms with van der Waals surface area (Å²) in [5, 5.41) is -0.438. The highest BCUT2D eigenvalue weighted by atomic mass is 35.5. The highest BCUT2D eigenvalue weighted by molar-refractivity contribution is 6.32. The lowest BCUT2D eigenvalue weighted by atomic mass is 10.1. The molecule has 0 spiro atoms. The third-order valence-electron chi connectivity index (χ3n) is 1.78. The van der Waals surface area contributed by atoms with E-state index in [-0.39, 0.29) is 5.78 Å². The first kappa shape index (κ1) is 7.80. The van der Waals surface area contributed by atoms with E-state index in [1.807, 2.05) is 0 Å². The van der Waals surface area contributed by atoms with Gasteiger partial charge in [-0.05, 0) is 31.3 Å². The van der Waals surface area contributed by atoms with Gasteiger partial charge in [0.1, 0.15) is 5.38 Å². The van der Waals surface area contributed by atoms with Gasteiger partial charge in [-0.15, -0.1) is 11.6 Å². The Kier molecular flexibility index (Phi) is 2.14. The Morgan fingerprint density at radius 3 is 2.50 bits per heavy atom. The number of rotatable bonds is 3. The lowest BCUT2D eigenvalue weighted by Crippen LogP contribution is -2.13. The molecule has 1 saturated carbocycles. The SMILES string of the molecule is C=C(C1CC1)C(Cl)C(C)=O. The van der Waals surface area contributed by atoms with Gasteiger partial charge in [-0.25, -0.2) is 0 Å². The third kappa shape index (κ3) is 1.60. The minimum absolute atomic E-state index is 0.0126. The van der Waals surface area contributed by atoms with Gasteiger partial charge in [-0.3, -0.25) is 4.79 Å². The van der Waals surface area contributed by atoms with E-state index in [0.29, 0.717) is 5.92 Å². The minimum atomic E-state index is -0.438. The quantitative estimate of drug-likeness (QED) is 0.455. The van der Waals surface area contributed by atoms with Gasteiger partial charge >= 0.3 is 0 Å². The summed E-state index contributed by atoms with van der Waals surface area (Å²) in [6.45, 7) is 5.29. The first-order chi connectivity index (χ1) is 4.63. The second kappa shape index (κ2) is 2.75. The molecule has 1 nitrogen and oxygen atoms in total. The van der Waals surface area contributed by atoms with Gasteiger partial charge in [0.2, 0.25) is 0 Å². The average Bonchev–Trinajstić information content (AvgIpc) is 2.65. The van der Waals surface area contributed by atoms with Crippen molar-refractivity contribution in [2.24, 2.45) is 5.92 Å². The lowest BCUT2D eigenvalue weighted by molar-refractivity contribution is -0.116. The molecule has 0 heterocycles. The van der Waals surface area contributed by atoms with Crippen LogP contribution in [0.2, 0.25) is 0 Å². The summed E-state index contributed by atoms with van der Waals surface area (Å²) in [4.78, 5) is 10.7. The highest BCUT2D eigenvalue weighted by Crippen LogP contribution is 2.38. The Morgan fingerprint density at radius 2 is 2.20 bits per heavy atom. The van der Waals surface area contributed by atoms with Crippen LogP contribution in [0, 0.1) is 5.92 Å². The standard InChI is InChI=1S/C8H11ClO/c1-5(7-3-4-7)8(9)6(2)10/h7-8H,1,3-4H2,2H3. The molecule has 1 aliphatic carbocycles. The molecule has 1 fully saturated rings. The summed E-state index contributed by atoms with van der Waals surface area (Å²) in [5.41, 5.74) is 0.911. The fourth-order valence-corrected chi connectivity index (χ4v) is 1.10. The predicted molar refractivity (Wildman–Crippen MR) is 42.2 cm³/mol. The maximum absolute atomic E-state index is 10.7. The van der Waals surface area contributed by atoms with Crippen LogP contribution >= 0.6 is 11.6 Å². The van der Waals surface area contributed by atoms with Crippen molar-refractivity contribution in [1.29, 1.82) is 0 Å². The largest absolute Gasteiger partial charge is 0.298 e. The molecule has 1 rings (SSSR count). The second-order valence-corrected chi connectivity index (χ2v) is 3.26. The molecular formula is C8H11ClO. The number of carbonyl (C=O) groups excluding carboxylic acids is 1. The maximum atomic E-state index is 10.7. The molecule has 0 aromatic carbocycles. The van der Waals surface area contributed by atoms with Crippen molar-refractivity contribution in [1.82, 2.24) is 0 Å². The van der Waals surface area contributed by atoms with Crippen molar-refractivity contribution in [3.05, 3.63) is 12.2 Å². The van der Waals surface area contributed by atoms with Gasteiger partial charge in [-0.2, -0.15) is 0 Å². The molecule has 0 aliphatic heterocycles. The Balaban J connectivity index is 2.46. The van der Waals surface area contributed by atoms with E-state index in [4.69, 9.17) is 11.6 Å². The summed E-state index contributed by atoms with van der Waals surface area (Å²) in [6.07, 6.45) is 2.32. The van der Waals surface area contributed by atoms with Crippen LogP contribution in [0.3, 0.4) is 0 Å². The molecule has 56 valence electrons. The topological polar surface area (TPSA) is 17.1 Å². The highest BCUT2D eigenvalue weighted by Gasteiger charge is 2.30. The van der Waals surface area contributed by atoms with E-state index in [1.165, 1.54) is 6.92 Å². The van der Waals surface area contributed by atoms with Crippen LogP contribution in [0.25, 0.3) is 0 Å². The normalized spacial score (nSPS) is 20.2. The van der Waals surface area contributed by atoms with Crippen molar-refractivity contribution in [2.45, 2.75) is 25.1 Å². The number of alkyl halides is 1. The van der Waals surface area contributed by atoms with Gasteiger partial charge in [0.05, 0.1) is 0 Å². The molecule has 1 unspecified atom stereocenters. The van der Waals surface area contributed by atoms with E-state index < -0.39 is 5.38 Å². The second-order valence-electron chi connectivity index (χ2n) is 2.82.